The van der Waals surface area contributed by atoms with E-state index in [2.05, 4.69) is 12.2 Å². The van der Waals surface area contributed by atoms with E-state index in [4.69, 9.17) is 22.1 Å². The van der Waals surface area contributed by atoms with Gasteiger partial charge in [0.15, 0.2) is 0 Å². The van der Waals surface area contributed by atoms with Crippen molar-refractivity contribution in [3.63, 3.8) is 0 Å². The molecule has 1 fully saturated rings. The Bertz CT molecular complexity index is 505. The van der Waals surface area contributed by atoms with Gasteiger partial charge in [-0.3, -0.25) is 0 Å². The molecule has 4 nitrogen and oxygen atoms in total. The fraction of sp³-hybridized carbons (Fsp3) is 0.533. The lowest BCUT2D eigenvalue weighted by atomic mass is 10.1. The number of halogens is 1. The summed E-state index contributed by atoms with van der Waals surface area (Å²) in [5, 5.41) is 3.83. The van der Waals surface area contributed by atoms with Gasteiger partial charge < -0.3 is 15.8 Å². The van der Waals surface area contributed by atoms with E-state index in [9.17, 15) is 4.79 Å². The molecule has 0 heterocycles. The number of benzene rings is 1. The molecule has 5 heteroatoms. The second kappa shape index (κ2) is 6.35. The molecule has 1 aliphatic carbocycles. The van der Waals surface area contributed by atoms with E-state index in [0.29, 0.717) is 40.5 Å². The second-order valence-electron chi connectivity index (χ2n) is 5.18. The SMILES string of the molecule is CCCC1CC1Nc1c(Cl)cc(N)cc1C(=O)OCC. The summed E-state index contributed by atoms with van der Waals surface area (Å²) in [4.78, 5) is 12.0. The van der Waals surface area contributed by atoms with Gasteiger partial charge in [-0.15, -0.1) is 0 Å². The highest BCUT2D eigenvalue weighted by molar-refractivity contribution is 6.34. The number of hydrogen-bond donors (Lipinski definition) is 2. The maximum atomic E-state index is 12.0. The fourth-order valence-electron chi connectivity index (χ4n) is 2.44. The molecular formula is C15H21ClN2O2. The normalized spacial score (nSPS) is 20.6. The van der Waals surface area contributed by atoms with Crippen molar-refractivity contribution in [1.82, 2.24) is 0 Å². The quantitative estimate of drug-likeness (QED) is 0.620. The first-order chi connectivity index (χ1) is 9.56. The largest absolute Gasteiger partial charge is 0.462 e. The monoisotopic (exact) mass is 296 g/mol. The van der Waals surface area contributed by atoms with Crippen molar-refractivity contribution in [3.8, 4) is 0 Å². The van der Waals surface area contributed by atoms with Crippen molar-refractivity contribution >= 4 is 28.9 Å². The van der Waals surface area contributed by atoms with Crippen LogP contribution >= 0.6 is 11.6 Å². The molecule has 0 amide bonds. The molecule has 0 aliphatic heterocycles. The number of rotatable bonds is 6. The molecule has 1 saturated carbocycles. The van der Waals surface area contributed by atoms with Gasteiger partial charge in [0.05, 0.1) is 22.9 Å². The molecule has 1 aromatic carbocycles. The van der Waals surface area contributed by atoms with Crippen molar-refractivity contribution in [2.75, 3.05) is 17.7 Å². The van der Waals surface area contributed by atoms with Gasteiger partial charge in [-0.2, -0.15) is 0 Å². The number of ether oxygens (including phenoxy) is 1. The average molecular weight is 297 g/mol. The number of nitrogen functional groups attached to an aromatic ring is 1. The first-order valence-electron chi connectivity index (χ1n) is 7.09. The topological polar surface area (TPSA) is 64.3 Å². The number of nitrogens with one attached hydrogen (secondary N) is 1. The van der Waals surface area contributed by atoms with Crippen molar-refractivity contribution in [3.05, 3.63) is 22.7 Å². The third-order valence-electron chi connectivity index (χ3n) is 3.52. The van der Waals surface area contributed by atoms with E-state index in [1.807, 2.05) is 0 Å². The van der Waals surface area contributed by atoms with E-state index >= 15 is 0 Å². The predicted molar refractivity (Wildman–Crippen MR) is 82.2 cm³/mol. The van der Waals surface area contributed by atoms with E-state index < -0.39 is 5.97 Å². The minimum Gasteiger partial charge on any atom is -0.462 e. The molecule has 0 radical (unpaired) electrons. The molecule has 3 N–H and O–H groups in total. The third kappa shape index (κ3) is 3.37. The Morgan fingerprint density at radius 2 is 2.25 bits per heavy atom. The standard InChI is InChI=1S/C15H21ClN2O2/c1-3-5-9-6-13(9)18-14-11(15(19)20-4-2)7-10(17)8-12(14)16/h7-9,13,18H,3-6,17H2,1-2H3. The predicted octanol–water partition coefficient (Wildman–Crippen LogP) is 3.70. The summed E-state index contributed by atoms with van der Waals surface area (Å²) in [6, 6.07) is 3.66. The highest BCUT2D eigenvalue weighted by Gasteiger charge is 2.37. The lowest BCUT2D eigenvalue weighted by Gasteiger charge is -2.14. The maximum Gasteiger partial charge on any atom is 0.340 e. The first kappa shape index (κ1) is 15.0. The van der Waals surface area contributed by atoms with Gasteiger partial charge in [0.1, 0.15) is 0 Å². The molecule has 0 bridgehead atoms. The van der Waals surface area contributed by atoms with E-state index in [1.165, 1.54) is 12.8 Å². The van der Waals surface area contributed by atoms with Gasteiger partial charge in [0.25, 0.3) is 0 Å². The van der Waals surface area contributed by atoms with Crippen LogP contribution in [0.1, 0.15) is 43.5 Å². The fourth-order valence-corrected chi connectivity index (χ4v) is 2.73. The van der Waals surface area contributed by atoms with Crippen LogP contribution in [0.15, 0.2) is 12.1 Å². The van der Waals surface area contributed by atoms with Gasteiger partial charge in [-0.05, 0) is 37.8 Å². The molecule has 1 aliphatic rings. The van der Waals surface area contributed by atoms with Crippen LogP contribution in [0, 0.1) is 5.92 Å². The van der Waals surface area contributed by atoms with Gasteiger partial charge in [0, 0.05) is 11.7 Å². The highest BCUT2D eigenvalue weighted by Crippen LogP contribution is 2.40. The highest BCUT2D eigenvalue weighted by atomic mass is 35.5. The molecule has 110 valence electrons. The molecule has 2 rings (SSSR count). The van der Waals surface area contributed by atoms with Crippen LogP contribution in [-0.4, -0.2) is 18.6 Å². The first-order valence-corrected chi connectivity index (χ1v) is 7.47. The molecular weight excluding hydrogens is 276 g/mol. The van der Waals surface area contributed by atoms with Gasteiger partial charge in [-0.1, -0.05) is 24.9 Å². The molecule has 2 atom stereocenters. The Kier molecular flexibility index (Phi) is 4.76. The minimum atomic E-state index is -0.392. The van der Waals surface area contributed by atoms with Crippen LogP contribution in [0.25, 0.3) is 0 Å². The summed E-state index contributed by atoms with van der Waals surface area (Å²) < 4.78 is 5.06. The zero-order valence-corrected chi connectivity index (χ0v) is 12.7. The smallest absolute Gasteiger partial charge is 0.340 e. The van der Waals surface area contributed by atoms with Crippen LogP contribution in [-0.2, 0) is 4.74 Å². The summed E-state index contributed by atoms with van der Waals surface area (Å²) >= 11 is 6.23. The van der Waals surface area contributed by atoms with Crippen LogP contribution in [0.3, 0.4) is 0 Å². The Labute approximate surface area is 124 Å². The Morgan fingerprint density at radius 1 is 1.50 bits per heavy atom. The number of carbonyl (C=O) groups is 1. The van der Waals surface area contributed by atoms with Crippen LogP contribution in [0.5, 0.6) is 0 Å². The number of nitrogens with two attached hydrogens (primary N) is 1. The van der Waals surface area contributed by atoms with E-state index in [1.54, 1.807) is 19.1 Å². The molecule has 2 unspecified atom stereocenters. The van der Waals surface area contributed by atoms with Gasteiger partial charge in [0.2, 0.25) is 0 Å². The van der Waals surface area contributed by atoms with Crippen molar-refractivity contribution < 1.29 is 9.53 Å². The zero-order chi connectivity index (χ0) is 14.7. The van der Waals surface area contributed by atoms with Crippen LogP contribution in [0.4, 0.5) is 11.4 Å². The third-order valence-corrected chi connectivity index (χ3v) is 3.82. The van der Waals surface area contributed by atoms with Gasteiger partial charge in [-0.25, -0.2) is 4.79 Å². The summed E-state index contributed by atoms with van der Waals surface area (Å²) in [5.74, 6) is 0.278. The maximum absolute atomic E-state index is 12.0. The Hall–Kier alpha value is -1.42. The summed E-state index contributed by atoms with van der Waals surface area (Å²) in [6.07, 6.45) is 3.48. The lowest BCUT2D eigenvalue weighted by molar-refractivity contribution is 0.0527. The second-order valence-corrected chi connectivity index (χ2v) is 5.59. The van der Waals surface area contributed by atoms with Crippen LogP contribution in [0.2, 0.25) is 5.02 Å². The lowest BCUT2D eigenvalue weighted by Crippen LogP contribution is -2.13. The summed E-state index contributed by atoms with van der Waals surface area (Å²) in [6.45, 7) is 4.28. The number of anilines is 2. The van der Waals surface area contributed by atoms with Gasteiger partial charge >= 0.3 is 5.97 Å². The number of esters is 1. The van der Waals surface area contributed by atoms with Crippen molar-refractivity contribution in [2.45, 2.75) is 39.2 Å². The van der Waals surface area contributed by atoms with E-state index in [-0.39, 0.29) is 0 Å². The zero-order valence-electron chi connectivity index (χ0n) is 11.9. The Balaban J connectivity index is 2.20. The number of hydrogen-bond acceptors (Lipinski definition) is 4. The minimum absolute atomic E-state index is 0.326. The number of carbonyl (C=O) groups excluding carboxylic acids is 1. The molecule has 1 aromatic rings. The van der Waals surface area contributed by atoms with Crippen molar-refractivity contribution in [2.24, 2.45) is 5.92 Å². The molecule has 0 spiro atoms. The summed E-state index contributed by atoms with van der Waals surface area (Å²) in [7, 11) is 0. The van der Waals surface area contributed by atoms with Crippen LogP contribution < -0.4 is 11.1 Å². The molecule has 0 saturated heterocycles. The Morgan fingerprint density at radius 3 is 2.90 bits per heavy atom. The molecule has 0 aromatic heterocycles. The van der Waals surface area contributed by atoms with E-state index in [0.717, 1.165) is 6.42 Å². The summed E-state index contributed by atoms with van der Waals surface area (Å²) in [5.41, 5.74) is 7.28. The molecule has 20 heavy (non-hydrogen) atoms. The van der Waals surface area contributed by atoms with Crippen molar-refractivity contribution in [1.29, 1.82) is 0 Å². The average Bonchev–Trinajstić information content (AvgIpc) is 3.11.